The Bertz CT molecular complexity index is 614. The van der Waals surface area contributed by atoms with Gasteiger partial charge in [0.05, 0.1) is 12.1 Å². The molecule has 1 aromatic rings. The predicted octanol–water partition coefficient (Wildman–Crippen LogP) is 1.38. The third-order valence-corrected chi connectivity index (χ3v) is 4.26. The largest absolute Gasteiger partial charge is 0.445 e. The first kappa shape index (κ1) is 13.2. The molecule has 6 heteroatoms. The van der Waals surface area contributed by atoms with Crippen LogP contribution in [0.2, 0.25) is 0 Å². The smallest absolute Gasteiger partial charge is 0.339 e. The zero-order valence-corrected chi connectivity index (χ0v) is 11.8. The lowest BCUT2D eigenvalue weighted by atomic mass is 9.89. The highest BCUT2D eigenvalue weighted by Crippen LogP contribution is 2.28. The van der Waals surface area contributed by atoms with Gasteiger partial charge in [-0.25, -0.2) is 4.79 Å². The second-order valence-corrected chi connectivity index (χ2v) is 6.03. The van der Waals surface area contributed by atoms with E-state index in [9.17, 15) is 9.59 Å². The molecule has 20 heavy (non-hydrogen) atoms. The molecule has 1 aromatic carbocycles. The molecule has 0 saturated carbocycles. The number of benzene rings is 1. The topological polar surface area (TPSA) is 67.8 Å². The fourth-order valence-electron chi connectivity index (χ4n) is 2.30. The highest BCUT2D eigenvalue weighted by atomic mass is 32.2. The average molecular weight is 290 g/mol. The molecule has 2 heterocycles. The van der Waals surface area contributed by atoms with Crippen molar-refractivity contribution in [1.82, 2.24) is 5.32 Å². The molecular formula is C14H14N2O3S. The number of nitrogens with one attached hydrogen (secondary N) is 1. The van der Waals surface area contributed by atoms with E-state index >= 15 is 0 Å². The van der Waals surface area contributed by atoms with Gasteiger partial charge in [-0.3, -0.25) is 9.79 Å². The van der Waals surface area contributed by atoms with E-state index in [1.807, 2.05) is 12.1 Å². The lowest BCUT2D eigenvalue weighted by Gasteiger charge is -2.32. The summed E-state index contributed by atoms with van der Waals surface area (Å²) in [5, 5.41) is 3.34. The molecule has 1 unspecified atom stereocenters. The number of cyclic esters (lactones) is 1. The van der Waals surface area contributed by atoms with Gasteiger partial charge in [-0.05, 0) is 18.6 Å². The standard InChI is InChI=1S/C14H14N2O3S/c1-14(12(18)16-13-15-6-7-20-13)8-9-4-2-3-5-10(9)11(17)19-14/h2-5H,6-8H2,1H3,(H,15,16,18). The summed E-state index contributed by atoms with van der Waals surface area (Å²) in [4.78, 5) is 28.5. The molecule has 1 amide bonds. The van der Waals surface area contributed by atoms with Crippen molar-refractivity contribution >= 4 is 28.8 Å². The van der Waals surface area contributed by atoms with Crippen molar-refractivity contribution in [2.75, 3.05) is 12.3 Å². The van der Waals surface area contributed by atoms with Crippen LogP contribution >= 0.6 is 11.8 Å². The number of nitrogens with zero attached hydrogens (tertiary/aromatic N) is 1. The molecule has 104 valence electrons. The normalized spacial score (nSPS) is 24.6. The molecule has 5 nitrogen and oxygen atoms in total. The summed E-state index contributed by atoms with van der Waals surface area (Å²) in [5.41, 5.74) is 0.185. The highest BCUT2D eigenvalue weighted by Gasteiger charge is 2.43. The summed E-state index contributed by atoms with van der Waals surface area (Å²) in [7, 11) is 0. The number of carbonyl (C=O) groups is 2. The molecule has 3 rings (SSSR count). The van der Waals surface area contributed by atoms with Crippen LogP contribution < -0.4 is 5.32 Å². The average Bonchev–Trinajstić information content (AvgIpc) is 2.91. The van der Waals surface area contributed by atoms with E-state index < -0.39 is 11.6 Å². The number of esters is 1. The second kappa shape index (κ2) is 4.94. The van der Waals surface area contributed by atoms with Gasteiger partial charge in [0.2, 0.25) is 0 Å². The van der Waals surface area contributed by atoms with Crippen LogP contribution in [0, 0.1) is 0 Å². The van der Waals surface area contributed by atoms with Gasteiger partial charge in [0.15, 0.2) is 10.8 Å². The van der Waals surface area contributed by atoms with Gasteiger partial charge in [0, 0.05) is 12.2 Å². The van der Waals surface area contributed by atoms with Crippen LogP contribution in [0.4, 0.5) is 0 Å². The third-order valence-electron chi connectivity index (χ3n) is 3.37. The Hall–Kier alpha value is -1.82. The minimum atomic E-state index is -1.18. The number of hydrogen-bond donors (Lipinski definition) is 1. The first-order valence-electron chi connectivity index (χ1n) is 6.38. The molecule has 0 spiro atoms. The maximum absolute atomic E-state index is 12.3. The van der Waals surface area contributed by atoms with Gasteiger partial charge in [0.25, 0.3) is 5.91 Å². The Morgan fingerprint density at radius 2 is 2.25 bits per heavy atom. The Morgan fingerprint density at radius 3 is 3.00 bits per heavy atom. The quantitative estimate of drug-likeness (QED) is 0.793. The van der Waals surface area contributed by atoms with Crippen LogP contribution in [0.5, 0.6) is 0 Å². The molecule has 0 aliphatic carbocycles. The first-order valence-corrected chi connectivity index (χ1v) is 7.37. The number of carbonyl (C=O) groups excluding carboxylic acids is 2. The molecule has 1 N–H and O–H groups in total. The van der Waals surface area contributed by atoms with Crippen LogP contribution in [0.25, 0.3) is 0 Å². The third kappa shape index (κ3) is 2.31. The summed E-state index contributed by atoms with van der Waals surface area (Å²) in [5.74, 6) is 0.0913. The fourth-order valence-corrected chi connectivity index (χ4v) is 3.02. The Labute approximate surface area is 120 Å². The van der Waals surface area contributed by atoms with Gasteiger partial charge >= 0.3 is 5.97 Å². The molecule has 1 atom stereocenters. The zero-order chi connectivity index (χ0) is 14.2. The molecular weight excluding hydrogens is 276 g/mol. The van der Waals surface area contributed by atoms with E-state index in [2.05, 4.69) is 10.3 Å². The number of ether oxygens (including phenoxy) is 1. The van der Waals surface area contributed by atoms with Gasteiger partial charge in [0.1, 0.15) is 0 Å². The van der Waals surface area contributed by atoms with Crippen LogP contribution in [0.3, 0.4) is 0 Å². The monoisotopic (exact) mass is 290 g/mol. The maximum Gasteiger partial charge on any atom is 0.339 e. The lowest BCUT2D eigenvalue weighted by Crippen LogP contribution is -2.52. The molecule has 0 saturated heterocycles. The number of thioether (sulfide) groups is 1. The molecule has 0 fully saturated rings. The van der Waals surface area contributed by atoms with E-state index in [1.165, 1.54) is 11.8 Å². The summed E-state index contributed by atoms with van der Waals surface area (Å²) < 4.78 is 5.36. The van der Waals surface area contributed by atoms with E-state index in [0.717, 1.165) is 11.3 Å². The van der Waals surface area contributed by atoms with Crippen LogP contribution in [-0.2, 0) is 16.0 Å². The molecule has 0 bridgehead atoms. The van der Waals surface area contributed by atoms with Gasteiger partial charge < -0.3 is 10.1 Å². The van der Waals surface area contributed by atoms with Crippen molar-refractivity contribution in [1.29, 1.82) is 0 Å². The van der Waals surface area contributed by atoms with Crippen molar-refractivity contribution in [3.05, 3.63) is 35.4 Å². The lowest BCUT2D eigenvalue weighted by molar-refractivity contribution is -0.138. The SMILES string of the molecule is CC1(C(=O)NC2=NCCS2)Cc2ccccc2C(=O)O1. The van der Waals surface area contributed by atoms with Crippen molar-refractivity contribution in [3.8, 4) is 0 Å². The number of rotatable bonds is 1. The second-order valence-electron chi connectivity index (χ2n) is 4.94. The van der Waals surface area contributed by atoms with Gasteiger partial charge in [-0.15, -0.1) is 0 Å². The number of amides is 1. The zero-order valence-electron chi connectivity index (χ0n) is 11.0. The number of hydrogen-bond acceptors (Lipinski definition) is 5. The Morgan fingerprint density at radius 1 is 1.45 bits per heavy atom. The molecule has 0 radical (unpaired) electrons. The van der Waals surface area contributed by atoms with Crippen LogP contribution in [0.1, 0.15) is 22.8 Å². The van der Waals surface area contributed by atoms with E-state index in [-0.39, 0.29) is 5.91 Å². The summed E-state index contributed by atoms with van der Waals surface area (Å²) >= 11 is 1.50. The molecule has 2 aliphatic rings. The Balaban J connectivity index is 1.83. The van der Waals surface area contributed by atoms with Crippen molar-refractivity contribution in [2.24, 2.45) is 4.99 Å². The summed E-state index contributed by atoms with van der Waals surface area (Å²) in [6.45, 7) is 2.34. The minimum absolute atomic E-state index is 0.325. The van der Waals surface area contributed by atoms with E-state index in [0.29, 0.717) is 23.7 Å². The first-order chi connectivity index (χ1) is 9.58. The van der Waals surface area contributed by atoms with Crippen molar-refractivity contribution in [2.45, 2.75) is 18.9 Å². The van der Waals surface area contributed by atoms with E-state index in [1.54, 1.807) is 19.1 Å². The molecule has 0 aromatic heterocycles. The fraction of sp³-hybridized carbons (Fsp3) is 0.357. The van der Waals surface area contributed by atoms with Crippen molar-refractivity contribution in [3.63, 3.8) is 0 Å². The van der Waals surface area contributed by atoms with E-state index in [4.69, 9.17) is 4.74 Å². The van der Waals surface area contributed by atoms with Crippen molar-refractivity contribution < 1.29 is 14.3 Å². The van der Waals surface area contributed by atoms with Crippen LogP contribution in [0.15, 0.2) is 29.3 Å². The Kier molecular flexibility index (Phi) is 3.25. The van der Waals surface area contributed by atoms with Gasteiger partial charge in [-0.1, -0.05) is 30.0 Å². The van der Waals surface area contributed by atoms with Gasteiger partial charge in [-0.2, -0.15) is 0 Å². The summed E-state index contributed by atoms with van der Waals surface area (Å²) in [6, 6.07) is 7.20. The molecule has 2 aliphatic heterocycles. The summed E-state index contributed by atoms with van der Waals surface area (Å²) in [6.07, 6.45) is 0.374. The van der Waals surface area contributed by atoms with Crippen LogP contribution in [-0.4, -0.2) is 34.9 Å². The highest BCUT2D eigenvalue weighted by molar-refractivity contribution is 8.14. The number of amidine groups is 1. The minimum Gasteiger partial charge on any atom is -0.445 e. The maximum atomic E-state index is 12.3. The number of fused-ring (bicyclic) bond motifs is 1. The predicted molar refractivity (Wildman–Crippen MR) is 76.9 cm³/mol. The number of aliphatic imine (C=N–C) groups is 1.